The first-order chi connectivity index (χ1) is 8.74. The molecule has 3 rings (SSSR count). The molecule has 5 heteroatoms. The summed E-state index contributed by atoms with van der Waals surface area (Å²) in [6.45, 7) is 0.731. The van der Waals surface area contributed by atoms with E-state index in [1.54, 1.807) is 0 Å². The maximum atomic E-state index is 11.0. The second kappa shape index (κ2) is 4.42. The molecule has 0 saturated carbocycles. The predicted octanol–water partition coefficient (Wildman–Crippen LogP) is 1.48. The van der Waals surface area contributed by atoms with Crippen LogP contribution >= 0.6 is 0 Å². The van der Waals surface area contributed by atoms with Crippen LogP contribution in [-0.4, -0.2) is 33.6 Å². The second-order valence-electron chi connectivity index (χ2n) is 4.71. The van der Waals surface area contributed by atoms with Gasteiger partial charge in [0.25, 0.3) is 0 Å². The maximum absolute atomic E-state index is 11.0. The molecule has 0 amide bonds. The molecule has 2 atom stereocenters. The molecule has 2 aromatic rings. The highest BCUT2D eigenvalue weighted by atomic mass is 16.4. The van der Waals surface area contributed by atoms with Gasteiger partial charge in [0.2, 0.25) is 0 Å². The van der Waals surface area contributed by atoms with Crippen molar-refractivity contribution >= 4 is 17.0 Å². The third-order valence-corrected chi connectivity index (χ3v) is 3.55. The van der Waals surface area contributed by atoms with Crippen molar-refractivity contribution in [2.75, 3.05) is 6.54 Å². The van der Waals surface area contributed by atoms with Gasteiger partial charge in [0.1, 0.15) is 6.04 Å². The fraction of sp³-hybridized carbons (Fsp3) is 0.385. The number of nitrogens with zero attached hydrogens (tertiary/aromatic N) is 1. The number of hydrogen-bond acceptors (Lipinski definition) is 3. The summed E-state index contributed by atoms with van der Waals surface area (Å²) in [5.74, 6) is -0.547. The van der Waals surface area contributed by atoms with Crippen molar-refractivity contribution in [1.29, 1.82) is 0 Å². The maximum Gasteiger partial charge on any atom is 0.320 e. The second-order valence-corrected chi connectivity index (χ2v) is 4.71. The zero-order chi connectivity index (χ0) is 12.5. The van der Waals surface area contributed by atoms with Gasteiger partial charge >= 0.3 is 5.97 Å². The zero-order valence-electron chi connectivity index (χ0n) is 9.89. The van der Waals surface area contributed by atoms with Crippen LogP contribution in [0.15, 0.2) is 24.4 Å². The lowest BCUT2D eigenvalue weighted by Gasteiger charge is -2.27. The van der Waals surface area contributed by atoms with E-state index in [9.17, 15) is 4.79 Å². The highest BCUT2D eigenvalue weighted by molar-refractivity contribution is 5.75. The highest BCUT2D eigenvalue weighted by Crippen LogP contribution is 2.27. The van der Waals surface area contributed by atoms with Crippen molar-refractivity contribution in [3.8, 4) is 0 Å². The fourth-order valence-electron chi connectivity index (χ4n) is 2.55. The molecule has 0 bridgehead atoms. The van der Waals surface area contributed by atoms with Crippen LogP contribution in [0.3, 0.4) is 0 Å². The van der Waals surface area contributed by atoms with Crippen molar-refractivity contribution in [2.45, 2.75) is 24.8 Å². The first kappa shape index (κ1) is 11.2. The molecule has 2 aromatic heterocycles. The van der Waals surface area contributed by atoms with Crippen molar-refractivity contribution in [3.05, 3.63) is 30.1 Å². The Bertz CT molecular complexity index is 578. The first-order valence-electron chi connectivity index (χ1n) is 6.14. The Labute approximate surface area is 104 Å². The van der Waals surface area contributed by atoms with Crippen molar-refractivity contribution in [2.24, 2.45) is 0 Å². The number of carbonyl (C=O) groups is 1. The average molecular weight is 245 g/mol. The average Bonchev–Trinajstić information content (AvgIpc) is 2.86. The van der Waals surface area contributed by atoms with Gasteiger partial charge in [-0.2, -0.15) is 0 Å². The molecule has 1 saturated heterocycles. The van der Waals surface area contributed by atoms with Gasteiger partial charge < -0.3 is 15.4 Å². The summed E-state index contributed by atoms with van der Waals surface area (Å²) < 4.78 is 0. The van der Waals surface area contributed by atoms with E-state index in [1.165, 1.54) is 0 Å². The number of aromatic nitrogens is 2. The van der Waals surface area contributed by atoms with Crippen molar-refractivity contribution in [1.82, 2.24) is 15.3 Å². The van der Waals surface area contributed by atoms with Crippen LogP contribution in [0.1, 0.15) is 24.5 Å². The summed E-state index contributed by atoms with van der Waals surface area (Å²) in [4.78, 5) is 18.7. The highest BCUT2D eigenvalue weighted by Gasteiger charge is 2.28. The number of pyridine rings is 1. The van der Waals surface area contributed by atoms with E-state index < -0.39 is 12.0 Å². The van der Waals surface area contributed by atoms with Gasteiger partial charge in [-0.3, -0.25) is 9.78 Å². The van der Waals surface area contributed by atoms with Crippen molar-refractivity contribution < 1.29 is 9.90 Å². The summed E-state index contributed by atoms with van der Waals surface area (Å²) >= 11 is 0. The molecular weight excluding hydrogens is 230 g/mol. The summed E-state index contributed by atoms with van der Waals surface area (Å²) in [6.07, 6.45) is 3.41. The fourth-order valence-corrected chi connectivity index (χ4v) is 2.55. The smallest absolute Gasteiger partial charge is 0.320 e. The van der Waals surface area contributed by atoms with Gasteiger partial charge in [-0.25, -0.2) is 0 Å². The number of fused-ring (bicyclic) bond motifs is 1. The van der Waals surface area contributed by atoms with Gasteiger partial charge in [-0.15, -0.1) is 0 Å². The van der Waals surface area contributed by atoms with E-state index >= 15 is 0 Å². The SMILES string of the molecule is O=C(O)C1CC(c2ccc3[nH]ccc3n2)CCN1. The lowest BCUT2D eigenvalue weighted by atomic mass is 9.89. The van der Waals surface area contributed by atoms with Gasteiger partial charge in [0, 0.05) is 17.8 Å². The Morgan fingerprint density at radius 2 is 2.28 bits per heavy atom. The molecule has 94 valence electrons. The third-order valence-electron chi connectivity index (χ3n) is 3.55. The number of H-pyrrole nitrogens is 1. The van der Waals surface area contributed by atoms with E-state index in [0.717, 1.165) is 29.7 Å². The molecule has 0 aromatic carbocycles. The Balaban J connectivity index is 1.86. The number of nitrogens with one attached hydrogen (secondary N) is 2. The minimum Gasteiger partial charge on any atom is -0.480 e. The van der Waals surface area contributed by atoms with E-state index in [2.05, 4.69) is 15.3 Å². The summed E-state index contributed by atoms with van der Waals surface area (Å²) in [6, 6.07) is 5.49. The van der Waals surface area contributed by atoms with Crippen LogP contribution in [-0.2, 0) is 4.79 Å². The minimum absolute atomic E-state index is 0.228. The molecule has 1 fully saturated rings. The van der Waals surface area contributed by atoms with Gasteiger partial charge in [-0.1, -0.05) is 0 Å². The Hall–Kier alpha value is -1.88. The quantitative estimate of drug-likeness (QED) is 0.749. The van der Waals surface area contributed by atoms with Crippen LogP contribution in [0, 0.1) is 0 Å². The minimum atomic E-state index is -0.776. The molecule has 1 aliphatic rings. The van der Waals surface area contributed by atoms with E-state index in [0.29, 0.717) is 6.42 Å². The van der Waals surface area contributed by atoms with Crippen LogP contribution < -0.4 is 5.32 Å². The predicted molar refractivity (Wildman–Crippen MR) is 67.5 cm³/mol. The number of aliphatic carboxylic acids is 1. The first-order valence-corrected chi connectivity index (χ1v) is 6.14. The van der Waals surface area contributed by atoms with E-state index in [-0.39, 0.29) is 5.92 Å². The number of piperidine rings is 1. The molecule has 2 unspecified atom stereocenters. The molecule has 0 radical (unpaired) electrons. The molecule has 0 aliphatic carbocycles. The van der Waals surface area contributed by atoms with Crippen LogP contribution in [0.4, 0.5) is 0 Å². The molecule has 18 heavy (non-hydrogen) atoms. The monoisotopic (exact) mass is 245 g/mol. The van der Waals surface area contributed by atoms with E-state index in [1.807, 2.05) is 24.4 Å². The van der Waals surface area contributed by atoms with Crippen LogP contribution in [0.25, 0.3) is 11.0 Å². The summed E-state index contributed by atoms with van der Waals surface area (Å²) in [5.41, 5.74) is 2.95. The van der Waals surface area contributed by atoms with Crippen LogP contribution in [0.5, 0.6) is 0 Å². The standard InChI is InChI=1S/C13H15N3O2/c17-13(18)12-7-8(3-5-15-12)9-1-2-10-11(16-9)4-6-14-10/h1-2,4,6,8,12,14-15H,3,5,7H2,(H,17,18). The normalized spacial score (nSPS) is 24.2. The Kier molecular flexibility index (Phi) is 2.76. The summed E-state index contributed by atoms with van der Waals surface area (Å²) in [5, 5.41) is 12.1. The topological polar surface area (TPSA) is 78.0 Å². The lowest BCUT2D eigenvalue weighted by Crippen LogP contribution is -2.42. The number of carboxylic acid groups (broad SMARTS) is 1. The lowest BCUT2D eigenvalue weighted by molar-refractivity contribution is -0.140. The van der Waals surface area contributed by atoms with Gasteiger partial charge in [0.15, 0.2) is 0 Å². The summed E-state index contributed by atoms with van der Waals surface area (Å²) in [7, 11) is 0. The zero-order valence-corrected chi connectivity index (χ0v) is 9.89. The largest absolute Gasteiger partial charge is 0.480 e. The molecular formula is C13H15N3O2. The third kappa shape index (κ3) is 1.97. The van der Waals surface area contributed by atoms with Gasteiger partial charge in [0.05, 0.1) is 11.0 Å². The van der Waals surface area contributed by atoms with E-state index in [4.69, 9.17) is 5.11 Å². The molecule has 3 N–H and O–H groups in total. The molecule has 5 nitrogen and oxygen atoms in total. The number of carboxylic acids is 1. The van der Waals surface area contributed by atoms with Gasteiger partial charge in [-0.05, 0) is 37.6 Å². The molecule has 3 heterocycles. The van der Waals surface area contributed by atoms with Crippen molar-refractivity contribution in [3.63, 3.8) is 0 Å². The molecule has 0 spiro atoms. The molecule has 1 aliphatic heterocycles. The Morgan fingerprint density at radius 1 is 1.39 bits per heavy atom. The number of aromatic amines is 1. The Morgan fingerprint density at radius 3 is 3.11 bits per heavy atom. The number of hydrogen-bond donors (Lipinski definition) is 3. The van der Waals surface area contributed by atoms with Crippen LogP contribution in [0.2, 0.25) is 0 Å². The number of rotatable bonds is 2.